The van der Waals surface area contributed by atoms with Gasteiger partial charge in [0.1, 0.15) is 28.8 Å². The Balaban J connectivity index is 2.67. The van der Waals surface area contributed by atoms with Crippen molar-refractivity contribution >= 4 is 7.60 Å². The van der Waals surface area contributed by atoms with Crippen LogP contribution in [0.25, 0.3) is 0 Å². The van der Waals surface area contributed by atoms with Crippen LogP contribution in [0.15, 0.2) is 29.7 Å². The predicted octanol–water partition coefficient (Wildman–Crippen LogP) is 3.09. The molecule has 2 rings (SSSR count). The molecule has 124 valence electrons. The normalized spacial score (nSPS) is 17.2. The monoisotopic (exact) mass is 338 g/mol. The quantitative estimate of drug-likeness (QED) is 0.795. The van der Waals surface area contributed by atoms with Gasteiger partial charge in [-0.05, 0) is 32.0 Å². The Morgan fingerprint density at radius 3 is 2.52 bits per heavy atom. The molecular weight excluding hydrogens is 319 g/mol. The number of hydrogen-bond acceptors (Lipinski definition) is 7. The molecule has 23 heavy (non-hydrogen) atoms. The molecule has 0 radical (unpaired) electrons. The Kier molecular flexibility index (Phi) is 5.32. The third kappa shape index (κ3) is 3.20. The molecule has 7 nitrogen and oxygen atoms in total. The zero-order valence-electron chi connectivity index (χ0n) is 13.2. The summed E-state index contributed by atoms with van der Waals surface area (Å²) in [6, 6.07) is 6.94. The molecule has 0 fully saturated rings. The molecule has 2 N–H and O–H groups in total. The highest BCUT2D eigenvalue weighted by molar-refractivity contribution is 7.54. The van der Waals surface area contributed by atoms with Crippen LogP contribution in [0.3, 0.4) is 0 Å². The van der Waals surface area contributed by atoms with Gasteiger partial charge in [-0.3, -0.25) is 4.57 Å². The lowest BCUT2D eigenvalue weighted by Gasteiger charge is -2.31. The van der Waals surface area contributed by atoms with E-state index in [0.29, 0.717) is 17.1 Å². The van der Waals surface area contributed by atoms with E-state index in [1.165, 1.54) is 7.11 Å². The number of rotatable bonds is 6. The topological polar surface area (TPSA) is 104 Å². The molecule has 1 aromatic carbocycles. The fourth-order valence-electron chi connectivity index (χ4n) is 2.41. The highest BCUT2D eigenvalue weighted by Crippen LogP contribution is 2.66. The van der Waals surface area contributed by atoms with Crippen LogP contribution in [0, 0.1) is 11.3 Å². The van der Waals surface area contributed by atoms with Gasteiger partial charge in [-0.25, -0.2) is 0 Å². The molecule has 0 amide bonds. The van der Waals surface area contributed by atoms with Gasteiger partial charge in [0.15, 0.2) is 0 Å². The van der Waals surface area contributed by atoms with Crippen LogP contribution >= 0.6 is 7.60 Å². The minimum Gasteiger partial charge on any atom is -0.497 e. The summed E-state index contributed by atoms with van der Waals surface area (Å²) in [5.41, 5.74) is 5.38. The number of hydrogen-bond donors (Lipinski definition) is 1. The summed E-state index contributed by atoms with van der Waals surface area (Å²) in [5, 5.41) is 9.45. The highest BCUT2D eigenvalue weighted by Gasteiger charge is 2.45. The van der Waals surface area contributed by atoms with E-state index < -0.39 is 13.3 Å². The maximum absolute atomic E-state index is 13.3. The molecule has 0 aromatic heterocycles. The van der Waals surface area contributed by atoms with Crippen molar-refractivity contribution in [3.05, 3.63) is 35.2 Å². The molecule has 1 aliphatic rings. The molecule has 1 unspecified atom stereocenters. The zero-order chi connectivity index (χ0) is 17.0. The summed E-state index contributed by atoms with van der Waals surface area (Å²) >= 11 is 0. The number of nitrogens with zero attached hydrogens (tertiary/aromatic N) is 1. The van der Waals surface area contributed by atoms with Crippen LogP contribution in [0.1, 0.15) is 25.1 Å². The van der Waals surface area contributed by atoms with Crippen LogP contribution in [0.5, 0.6) is 11.5 Å². The largest absolute Gasteiger partial charge is 0.497 e. The molecule has 0 saturated heterocycles. The maximum atomic E-state index is 13.3. The van der Waals surface area contributed by atoms with Gasteiger partial charge in [0.05, 0.1) is 20.3 Å². The standard InChI is InChI=1S/C15H19N2O5P/c1-4-20-23(18,21-5-2)14-11-8-10(19-3)6-7-13(11)22-15(17)12(14)9-16/h6-8,14H,4-5,17H2,1-3H3. The van der Waals surface area contributed by atoms with E-state index in [1.807, 2.05) is 6.07 Å². The second kappa shape index (κ2) is 7.05. The van der Waals surface area contributed by atoms with Gasteiger partial charge >= 0.3 is 7.60 Å². The zero-order valence-corrected chi connectivity index (χ0v) is 14.1. The average Bonchev–Trinajstić information content (AvgIpc) is 2.53. The van der Waals surface area contributed by atoms with Crippen LogP contribution < -0.4 is 15.2 Å². The Morgan fingerprint density at radius 1 is 1.35 bits per heavy atom. The van der Waals surface area contributed by atoms with E-state index in [1.54, 1.807) is 32.0 Å². The maximum Gasteiger partial charge on any atom is 0.343 e. The fraction of sp³-hybridized carbons (Fsp3) is 0.400. The van der Waals surface area contributed by atoms with Gasteiger partial charge in [-0.1, -0.05) is 0 Å². The Bertz CT molecular complexity index is 700. The first-order valence-corrected chi connectivity index (χ1v) is 8.76. The third-order valence-electron chi connectivity index (χ3n) is 3.33. The van der Waals surface area contributed by atoms with Gasteiger partial charge in [-0.15, -0.1) is 0 Å². The van der Waals surface area contributed by atoms with Crippen molar-refractivity contribution in [3.8, 4) is 17.6 Å². The number of methoxy groups -OCH3 is 1. The summed E-state index contributed by atoms with van der Waals surface area (Å²) in [4.78, 5) is 0. The van der Waals surface area contributed by atoms with Crippen LogP contribution in [-0.4, -0.2) is 20.3 Å². The van der Waals surface area contributed by atoms with Crippen molar-refractivity contribution in [2.24, 2.45) is 5.73 Å². The van der Waals surface area contributed by atoms with Gasteiger partial charge < -0.3 is 24.3 Å². The average molecular weight is 338 g/mol. The highest BCUT2D eigenvalue weighted by atomic mass is 31.2. The number of nitrogens with two attached hydrogens (primary N) is 1. The molecule has 1 aromatic rings. The fourth-order valence-corrected chi connectivity index (χ4v) is 4.55. The van der Waals surface area contributed by atoms with Crippen molar-refractivity contribution in [3.63, 3.8) is 0 Å². The van der Waals surface area contributed by atoms with Crippen molar-refractivity contribution in [2.45, 2.75) is 19.5 Å². The van der Waals surface area contributed by atoms with Crippen molar-refractivity contribution in [1.29, 1.82) is 5.26 Å². The summed E-state index contributed by atoms with van der Waals surface area (Å²) in [7, 11) is -2.15. The van der Waals surface area contributed by atoms with Gasteiger partial charge in [0.25, 0.3) is 0 Å². The minimum atomic E-state index is -3.66. The molecule has 1 atom stereocenters. The third-order valence-corrected chi connectivity index (χ3v) is 5.73. The first-order valence-electron chi connectivity index (χ1n) is 7.15. The van der Waals surface area contributed by atoms with E-state index in [2.05, 4.69) is 0 Å². The van der Waals surface area contributed by atoms with Crippen molar-refractivity contribution in [1.82, 2.24) is 0 Å². The van der Waals surface area contributed by atoms with Crippen molar-refractivity contribution in [2.75, 3.05) is 20.3 Å². The van der Waals surface area contributed by atoms with Crippen molar-refractivity contribution < 1.29 is 23.1 Å². The van der Waals surface area contributed by atoms with Crippen LogP contribution in [0.4, 0.5) is 0 Å². The Morgan fingerprint density at radius 2 is 2.00 bits per heavy atom. The lowest BCUT2D eigenvalue weighted by Crippen LogP contribution is -2.22. The van der Waals surface area contributed by atoms with E-state index >= 15 is 0 Å². The van der Waals surface area contributed by atoms with E-state index in [9.17, 15) is 9.83 Å². The first kappa shape index (κ1) is 17.4. The van der Waals surface area contributed by atoms with Gasteiger partial charge in [0, 0.05) is 5.56 Å². The van der Waals surface area contributed by atoms with Crippen LogP contribution in [0.2, 0.25) is 0 Å². The first-order chi connectivity index (χ1) is 11.0. The van der Waals surface area contributed by atoms with Crippen LogP contribution in [-0.2, 0) is 13.6 Å². The second-order valence-electron chi connectivity index (χ2n) is 4.67. The molecule has 1 aliphatic heterocycles. The summed E-state index contributed by atoms with van der Waals surface area (Å²) < 4.78 is 34.8. The predicted molar refractivity (Wildman–Crippen MR) is 84.0 cm³/mol. The van der Waals surface area contributed by atoms with E-state index in [0.717, 1.165) is 0 Å². The number of fused-ring (bicyclic) bond motifs is 1. The Labute approximate surface area is 135 Å². The Hall–Kier alpha value is -2.00. The minimum absolute atomic E-state index is 0.0241. The number of ether oxygens (including phenoxy) is 2. The SMILES string of the molecule is CCOP(=O)(OCC)C1C(C#N)=C(N)Oc2ccc(OC)cc21. The van der Waals surface area contributed by atoms with E-state index in [4.69, 9.17) is 24.3 Å². The number of nitriles is 1. The van der Waals surface area contributed by atoms with Gasteiger partial charge in [0.2, 0.25) is 5.88 Å². The summed E-state index contributed by atoms with van der Waals surface area (Å²) in [6.07, 6.45) is 0. The lowest BCUT2D eigenvalue weighted by atomic mass is 10.0. The second-order valence-corrected chi connectivity index (χ2v) is 6.79. The lowest BCUT2D eigenvalue weighted by molar-refractivity contribution is 0.213. The van der Waals surface area contributed by atoms with E-state index in [-0.39, 0.29) is 24.7 Å². The smallest absolute Gasteiger partial charge is 0.343 e. The molecule has 1 heterocycles. The number of allylic oxidation sites excluding steroid dienone is 1. The molecule has 0 spiro atoms. The molecular formula is C15H19N2O5P. The summed E-state index contributed by atoms with van der Waals surface area (Å²) in [5.74, 6) is 0.830. The molecule has 8 heteroatoms. The molecule has 0 aliphatic carbocycles. The molecule has 0 saturated carbocycles. The summed E-state index contributed by atoms with van der Waals surface area (Å²) in [6.45, 7) is 3.76. The van der Waals surface area contributed by atoms with Gasteiger partial charge in [-0.2, -0.15) is 5.26 Å². The number of benzene rings is 1. The molecule has 0 bridgehead atoms.